The fourth-order valence-corrected chi connectivity index (χ4v) is 3.11. The van der Waals surface area contributed by atoms with Gasteiger partial charge in [0.05, 0.1) is 17.3 Å². The van der Waals surface area contributed by atoms with Gasteiger partial charge in [-0.2, -0.15) is 0 Å². The van der Waals surface area contributed by atoms with Crippen LogP contribution in [-0.4, -0.2) is 28.4 Å². The molecule has 1 aromatic heterocycles. The Morgan fingerprint density at radius 2 is 1.77 bits per heavy atom. The second kappa shape index (κ2) is 9.12. The SMILES string of the molecule is C[C@H](OC(=O)CCNC(=O)c1ccc(C(C)(C)C)cc1)c1nc2ccccc2c(=O)[nH]1. The molecule has 0 saturated heterocycles. The molecular formula is C24H27N3O4. The smallest absolute Gasteiger partial charge is 0.308 e. The first-order chi connectivity index (χ1) is 14.6. The highest BCUT2D eigenvalue weighted by atomic mass is 16.5. The number of hydrogen-bond acceptors (Lipinski definition) is 5. The number of hydrogen-bond donors (Lipinski definition) is 2. The van der Waals surface area contributed by atoms with E-state index in [0.717, 1.165) is 5.56 Å². The van der Waals surface area contributed by atoms with Crippen molar-refractivity contribution in [1.29, 1.82) is 0 Å². The third-order valence-electron chi connectivity index (χ3n) is 4.95. The molecule has 0 unspecified atom stereocenters. The van der Waals surface area contributed by atoms with E-state index in [1.165, 1.54) is 0 Å². The van der Waals surface area contributed by atoms with E-state index >= 15 is 0 Å². The average molecular weight is 421 g/mol. The molecule has 1 atom stereocenters. The van der Waals surface area contributed by atoms with Gasteiger partial charge in [-0.15, -0.1) is 0 Å². The van der Waals surface area contributed by atoms with Crippen LogP contribution < -0.4 is 10.9 Å². The molecule has 0 aliphatic carbocycles. The van der Waals surface area contributed by atoms with E-state index in [1.807, 2.05) is 12.1 Å². The van der Waals surface area contributed by atoms with Gasteiger partial charge in [0, 0.05) is 12.1 Å². The molecule has 162 valence electrons. The molecule has 31 heavy (non-hydrogen) atoms. The molecule has 7 nitrogen and oxygen atoms in total. The Hall–Kier alpha value is -3.48. The fourth-order valence-electron chi connectivity index (χ4n) is 3.11. The number of ether oxygens (including phenoxy) is 1. The van der Waals surface area contributed by atoms with Gasteiger partial charge in [0.2, 0.25) is 0 Å². The zero-order valence-electron chi connectivity index (χ0n) is 18.2. The molecule has 0 bridgehead atoms. The largest absolute Gasteiger partial charge is 0.454 e. The van der Waals surface area contributed by atoms with Gasteiger partial charge in [-0.25, -0.2) is 4.98 Å². The summed E-state index contributed by atoms with van der Waals surface area (Å²) in [5.41, 5.74) is 1.94. The van der Waals surface area contributed by atoms with E-state index in [1.54, 1.807) is 43.3 Å². The molecule has 0 aliphatic heterocycles. The van der Waals surface area contributed by atoms with Gasteiger partial charge in [-0.05, 0) is 42.2 Å². The summed E-state index contributed by atoms with van der Waals surface area (Å²) < 4.78 is 5.36. The van der Waals surface area contributed by atoms with Crippen LogP contribution >= 0.6 is 0 Å². The topological polar surface area (TPSA) is 101 Å². The van der Waals surface area contributed by atoms with Crippen molar-refractivity contribution >= 4 is 22.8 Å². The molecule has 2 aromatic carbocycles. The summed E-state index contributed by atoms with van der Waals surface area (Å²) in [4.78, 5) is 43.6. The summed E-state index contributed by atoms with van der Waals surface area (Å²) in [6, 6.07) is 14.4. The van der Waals surface area contributed by atoms with Crippen molar-refractivity contribution in [3.05, 3.63) is 75.8 Å². The van der Waals surface area contributed by atoms with Crippen molar-refractivity contribution in [3.63, 3.8) is 0 Å². The summed E-state index contributed by atoms with van der Waals surface area (Å²) in [5, 5.41) is 3.20. The first-order valence-corrected chi connectivity index (χ1v) is 10.2. The number of esters is 1. The predicted molar refractivity (Wildman–Crippen MR) is 119 cm³/mol. The number of carbonyl (C=O) groups is 2. The van der Waals surface area contributed by atoms with E-state index < -0.39 is 12.1 Å². The van der Waals surface area contributed by atoms with Crippen LogP contribution in [0.15, 0.2) is 53.3 Å². The number of amides is 1. The normalized spacial score (nSPS) is 12.4. The number of aromatic nitrogens is 2. The summed E-state index contributed by atoms with van der Waals surface area (Å²) in [6.45, 7) is 8.11. The van der Waals surface area contributed by atoms with E-state index in [4.69, 9.17) is 4.74 Å². The molecule has 7 heteroatoms. The van der Waals surface area contributed by atoms with Crippen LogP contribution in [0.5, 0.6) is 0 Å². The minimum absolute atomic E-state index is 0.00790. The third-order valence-corrected chi connectivity index (χ3v) is 4.95. The second-order valence-corrected chi connectivity index (χ2v) is 8.43. The Balaban J connectivity index is 1.52. The predicted octanol–water partition coefficient (Wildman–Crippen LogP) is 3.64. The van der Waals surface area contributed by atoms with E-state index in [-0.39, 0.29) is 35.7 Å². The summed E-state index contributed by atoms with van der Waals surface area (Å²) in [5.74, 6) is -0.464. The van der Waals surface area contributed by atoms with E-state index in [9.17, 15) is 14.4 Å². The maximum Gasteiger partial charge on any atom is 0.308 e. The Morgan fingerprint density at radius 3 is 2.45 bits per heavy atom. The van der Waals surface area contributed by atoms with Crippen molar-refractivity contribution in [2.75, 3.05) is 6.54 Å². The monoisotopic (exact) mass is 421 g/mol. The highest BCUT2D eigenvalue weighted by molar-refractivity contribution is 5.94. The van der Waals surface area contributed by atoms with Gasteiger partial charge in [0.25, 0.3) is 11.5 Å². The number of rotatable bonds is 6. The fraction of sp³-hybridized carbons (Fsp3) is 0.333. The molecule has 3 rings (SSSR count). The number of nitrogens with one attached hydrogen (secondary N) is 2. The number of benzene rings is 2. The minimum Gasteiger partial charge on any atom is -0.454 e. The Kier molecular flexibility index (Phi) is 6.53. The van der Waals surface area contributed by atoms with Crippen molar-refractivity contribution in [1.82, 2.24) is 15.3 Å². The zero-order chi connectivity index (χ0) is 22.6. The zero-order valence-corrected chi connectivity index (χ0v) is 18.2. The standard InChI is InChI=1S/C24H27N3O4/c1-15(21-26-19-8-6-5-7-18(19)23(30)27-21)31-20(28)13-14-25-22(29)16-9-11-17(12-10-16)24(2,3)4/h5-12,15H,13-14H2,1-4H3,(H,25,29)(H,26,27,30)/t15-/m0/s1. The van der Waals surface area contributed by atoms with E-state index in [0.29, 0.717) is 16.5 Å². The van der Waals surface area contributed by atoms with Crippen LogP contribution in [0, 0.1) is 0 Å². The highest BCUT2D eigenvalue weighted by Gasteiger charge is 2.17. The van der Waals surface area contributed by atoms with Gasteiger partial charge in [0.15, 0.2) is 11.9 Å². The third kappa shape index (κ3) is 5.57. The number of carbonyl (C=O) groups excluding carboxylic acids is 2. The summed E-state index contributed by atoms with van der Waals surface area (Å²) >= 11 is 0. The quantitative estimate of drug-likeness (QED) is 0.592. The highest BCUT2D eigenvalue weighted by Crippen LogP contribution is 2.22. The van der Waals surface area contributed by atoms with E-state index in [2.05, 4.69) is 36.1 Å². The van der Waals surface area contributed by atoms with Gasteiger partial charge in [-0.1, -0.05) is 45.0 Å². The molecule has 1 heterocycles. The lowest BCUT2D eigenvalue weighted by molar-refractivity contribution is -0.148. The van der Waals surface area contributed by atoms with Crippen molar-refractivity contribution in [2.24, 2.45) is 0 Å². The van der Waals surface area contributed by atoms with Gasteiger partial charge in [-0.3, -0.25) is 14.4 Å². The number of para-hydroxylation sites is 1. The summed E-state index contributed by atoms with van der Waals surface area (Å²) in [6.07, 6.45) is -0.709. The Morgan fingerprint density at radius 1 is 1.10 bits per heavy atom. The number of fused-ring (bicyclic) bond motifs is 1. The van der Waals surface area contributed by atoms with Crippen molar-refractivity contribution < 1.29 is 14.3 Å². The lowest BCUT2D eigenvalue weighted by Crippen LogP contribution is -2.27. The van der Waals surface area contributed by atoms with Gasteiger partial charge < -0.3 is 15.0 Å². The molecule has 0 saturated carbocycles. The van der Waals surface area contributed by atoms with Crippen LogP contribution in [0.2, 0.25) is 0 Å². The molecule has 0 aliphatic rings. The maximum atomic E-state index is 12.3. The molecule has 0 fully saturated rings. The van der Waals surface area contributed by atoms with Crippen LogP contribution in [0.25, 0.3) is 10.9 Å². The lowest BCUT2D eigenvalue weighted by atomic mass is 9.87. The van der Waals surface area contributed by atoms with Crippen LogP contribution in [-0.2, 0) is 14.9 Å². The first-order valence-electron chi connectivity index (χ1n) is 10.2. The Labute approximate surface area is 180 Å². The van der Waals surface area contributed by atoms with Crippen LogP contribution in [0.1, 0.15) is 62.0 Å². The number of H-pyrrole nitrogens is 1. The minimum atomic E-state index is -0.717. The molecule has 0 radical (unpaired) electrons. The van der Waals surface area contributed by atoms with Crippen molar-refractivity contribution in [2.45, 2.75) is 45.6 Å². The number of nitrogens with zero attached hydrogens (tertiary/aromatic N) is 1. The second-order valence-electron chi connectivity index (χ2n) is 8.43. The molecule has 0 spiro atoms. The van der Waals surface area contributed by atoms with Crippen LogP contribution in [0.3, 0.4) is 0 Å². The van der Waals surface area contributed by atoms with Crippen molar-refractivity contribution in [3.8, 4) is 0 Å². The van der Waals surface area contributed by atoms with Gasteiger partial charge >= 0.3 is 5.97 Å². The molecule has 3 aromatic rings. The Bertz CT molecular complexity index is 1140. The first kappa shape index (κ1) is 22.2. The van der Waals surface area contributed by atoms with Gasteiger partial charge in [0.1, 0.15) is 0 Å². The maximum absolute atomic E-state index is 12.3. The molecular weight excluding hydrogens is 394 g/mol. The lowest BCUT2D eigenvalue weighted by Gasteiger charge is -2.19. The molecule has 1 amide bonds. The summed E-state index contributed by atoms with van der Waals surface area (Å²) in [7, 11) is 0. The average Bonchev–Trinajstić information content (AvgIpc) is 2.73. The molecule has 2 N–H and O–H groups in total. The number of aromatic amines is 1. The van der Waals surface area contributed by atoms with Crippen LogP contribution in [0.4, 0.5) is 0 Å².